The summed E-state index contributed by atoms with van der Waals surface area (Å²) in [6.45, 7) is 3.66. The fraction of sp³-hybridized carbons (Fsp3) is 0.857. The summed E-state index contributed by atoms with van der Waals surface area (Å²) in [5.41, 5.74) is 1.39. The minimum atomic E-state index is -0.0808. The summed E-state index contributed by atoms with van der Waals surface area (Å²) in [6, 6.07) is 0. The van der Waals surface area contributed by atoms with E-state index in [2.05, 4.69) is 18.0 Å². The third kappa shape index (κ3) is 4.09. The van der Waals surface area contributed by atoms with Crippen LogP contribution in [0.2, 0.25) is 0 Å². The first kappa shape index (κ1) is 13.1. The van der Waals surface area contributed by atoms with Gasteiger partial charge in [-0.15, -0.1) is 0 Å². The molecule has 1 heterocycles. The Morgan fingerprint density at radius 3 is 2.94 bits per heavy atom. The van der Waals surface area contributed by atoms with Crippen LogP contribution in [0.3, 0.4) is 0 Å². The van der Waals surface area contributed by atoms with Crippen molar-refractivity contribution in [2.75, 3.05) is 33.4 Å². The van der Waals surface area contributed by atoms with E-state index < -0.39 is 0 Å². The smallest absolute Gasteiger partial charge is 0.0689 e. The second-order valence-corrected chi connectivity index (χ2v) is 5.51. The molecule has 1 aliphatic carbocycles. The zero-order valence-electron chi connectivity index (χ0n) is 10.9. The number of hydrogen-bond donors (Lipinski definition) is 1. The molecular weight excluding hydrogens is 214 g/mol. The predicted octanol–water partition coefficient (Wildman–Crippen LogP) is 1.82. The molecule has 17 heavy (non-hydrogen) atoms. The van der Waals surface area contributed by atoms with Crippen molar-refractivity contribution in [3.63, 3.8) is 0 Å². The van der Waals surface area contributed by atoms with Gasteiger partial charge in [0.05, 0.1) is 19.3 Å². The molecule has 0 spiro atoms. The van der Waals surface area contributed by atoms with Crippen LogP contribution in [-0.2, 0) is 4.74 Å². The third-order valence-corrected chi connectivity index (χ3v) is 3.87. The highest BCUT2D eigenvalue weighted by Crippen LogP contribution is 2.25. The normalized spacial score (nSPS) is 30.4. The van der Waals surface area contributed by atoms with Gasteiger partial charge in [0.2, 0.25) is 0 Å². The van der Waals surface area contributed by atoms with Crippen molar-refractivity contribution in [1.29, 1.82) is 0 Å². The maximum atomic E-state index is 9.96. The average molecular weight is 239 g/mol. The molecule has 0 radical (unpaired) electrons. The molecule has 1 N–H and O–H groups in total. The molecule has 0 aromatic carbocycles. The van der Waals surface area contributed by atoms with Crippen LogP contribution >= 0.6 is 0 Å². The van der Waals surface area contributed by atoms with Crippen LogP contribution in [0, 0.1) is 5.92 Å². The molecule has 98 valence electrons. The first-order valence-electron chi connectivity index (χ1n) is 6.88. The van der Waals surface area contributed by atoms with Crippen molar-refractivity contribution in [3.8, 4) is 0 Å². The molecule has 1 fully saturated rings. The number of ether oxygens (including phenoxy) is 1. The van der Waals surface area contributed by atoms with E-state index in [1.165, 1.54) is 24.8 Å². The number of rotatable bonds is 4. The summed E-state index contributed by atoms with van der Waals surface area (Å²) < 4.78 is 5.45. The van der Waals surface area contributed by atoms with Gasteiger partial charge in [-0.2, -0.15) is 0 Å². The van der Waals surface area contributed by atoms with Gasteiger partial charge in [-0.1, -0.05) is 18.9 Å². The van der Waals surface area contributed by atoms with E-state index in [-0.39, 0.29) is 6.10 Å². The summed E-state index contributed by atoms with van der Waals surface area (Å²) >= 11 is 0. The Bertz CT molecular complexity index is 265. The number of nitrogens with zero attached hydrogens (tertiary/aromatic N) is 1. The summed E-state index contributed by atoms with van der Waals surface area (Å²) in [6.07, 6.45) is 7.92. The van der Waals surface area contributed by atoms with Crippen LogP contribution in [0.5, 0.6) is 0 Å². The van der Waals surface area contributed by atoms with Crippen molar-refractivity contribution >= 4 is 0 Å². The van der Waals surface area contributed by atoms with Gasteiger partial charge in [0.1, 0.15) is 0 Å². The molecule has 3 nitrogen and oxygen atoms in total. The van der Waals surface area contributed by atoms with E-state index in [0.717, 1.165) is 39.1 Å². The topological polar surface area (TPSA) is 32.7 Å². The summed E-state index contributed by atoms with van der Waals surface area (Å²) in [7, 11) is 2.15. The van der Waals surface area contributed by atoms with Gasteiger partial charge in [0.25, 0.3) is 0 Å². The Balaban J connectivity index is 1.75. The van der Waals surface area contributed by atoms with Crippen molar-refractivity contribution in [2.45, 2.75) is 38.2 Å². The summed E-state index contributed by atoms with van der Waals surface area (Å²) in [5, 5.41) is 9.96. The lowest BCUT2D eigenvalue weighted by atomic mass is 9.86. The van der Waals surface area contributed by atoms with Gasteiger partial charge in [0.15, 0.2) is 0 Å². The minimum Gasteiger partial charge on any atom is -0.393 e. The van der Waals surface area contributed by atoms with Gasteiger partial charge in [-0.05, 0) is 37.8 Å². The molecule has 2 atom stereocenters. The van der Waals surface area contributed by atoms with Crippen molar-refractivity contribution in [1.82, 2.24) is 4.90 Å². The van der Waals surface area contributed by atoms with Crippen LogP contribution in [0.4, 0.5) is 0 Å². The fourth-order valence-electron chi connectivity index (χ4n) is 2.93. The standard InChI is InChI=1S/C14H25NO2/c1-15(9-12-5-4-8-17-11-12)10-13-6-2-3-7-14(13)16/h5,13-14,16H,2-4,6-11H2,1H3. The molecule has 1 saturated carbocycles. The molecule has 0 aromatic heterocycles. The average Bonchev–Trinajstić information content (AvgIpc) is 2.33. The highest BCUT2D eigenvalue weighted by Gasteiger charge is 2.24. The largest absolute Gasteiger partial charge is 0.393 e. The lowest BCUT2D eigenvalue weighted by Crippen LogP contribution is -2.36. The maximum Gasteiger partial charge on any atom is 0.0689 e. The molecule has 2 unspecified atom stereocenters. The Morgan fingerprint density at radius 1 is 1.41 bits per heavy atom. The second-order valence-electron chi connectivity index (χ2n) is 5.51. The van der Waals surface area contributed by atoms with Gasteiger partial charge in [-0.25, -0.2) is 0 Å². The number of hydrogen-bond acceptors (Lipinski definition) is 3. The summed E-state index contributed by atoms with van der Waals surface area (Å²) in [4.78, 5) is 2.33. The Hall–Kier alpha value is -0.380. The zero-order chi connectivity index (χ0) is 12.1. The first-order valence-corrected chi connectivity index (χ1v) is 6.88. The monoisotopic (exact) mass is 239 g/mol. The molecule has 0 amide bonds. The van der Waals surface area contributed by atoms with Crippen LogP contribution in [0.1, 0.15) is 32.1 Å². The third-order valence-electron chi connectivity index (χ3n) is 3.87. The van der Waals surface area contributed by atoms with Gasteiger partial charge < -0.3 is 14.7 Å². The Kier molecular flexibility index (Phi) is 5.01. The number of aliphatic hydroxyl groups is 1. The molecular formula is C14H25NO2. The van der Waals surface area contributed by atoms with Gasteiger partial charge >= 0.3 is 0 Å². The van der Waals surface area contributed by atoms with Crippen LogP contribution in [0.15, 0.2) is 11.6 Å². The minimum absolute atomic E-state index is 0.0808. The molecule has 0 bridgehead atoms. The summed E-state index contributed by atoms with van der Waals surface area (Å²) in [5.74, 6) is 0.471. The van der Waals surface area contributed by atoms with Gasteiger partial charge in [-0.3, -0.25) is 0 Å². The Morgan fingerprint density at radius 2 is 2.24 bits per heavy atom. The van der Waals surface area contributed by atoms with E-state index in [1.807, 2.05) is 0 Å². The van der Waals surface area contributed by atoms with Crippen LogP contribution in [0.25, 0.3) is 0 Å². The van der Waals surface area contributed by atoms with E-state index in [0.29, 0.717) is 5.92 Å². The second kappa shape index (κ2) is 6.53. The van der Waals surface area contributed by atoms with E-state index in [9.17, 15) is 5.11 Å². The van der Waals surface area contributed by atoms with Crippen molar-refractivity contribution < 1.29 is 9.84 Å². The molecule has 2 aliphatic rings. The molecule has 1 aliphatic heterocycles. The SMILES string of the molecule is CN(CC1=CCCOC1)CC1CCCCC1O. The maximum absolute atomic E-state index is 9.96. The lowest BCUT2D eigenvalue weighted by molar-refractivity contribution is 0.0517. The fourth-order valence-corrected chi connectivity index (χ4v) is 2.93. The van der Waals surface area contributed by atoms with Crippen molar-refractivity contribution in [3.05, 3.63) is 11.6 Å². The lowest BCUT2D eigenvalue weighted by Gasteiger charge is -2.31. The van der Waals surface area contributed by atoms with E-state index in [4.69, 9.17) is 4.74 Å². The van der Waals surface area contributed by atoms with Crippen LogP contribution in [-0.4, -0.2) is 49.5 Å². The number of likely N-dealkylation sites (N-methyl/N-ethyl adjacent to an activating group) is 1. The van der Waals surface area contributed by atoms with Crippen LogP contribution < -0.4 is 0 Å². The molecule has 0 aromatic rings. The highest BCUT2D eigenvalue weighted by atomic mass is 16.5. The van der Waals surface area contributed by atoms with Gasteiger partial charge in [0, 0.05) is 13.1 Å². The first-order chi connectivity index (χ1) is 8.25. The molecule has 2 rings (SSSR count). The highest BCUT2D eigenvalue weighted by molar-refractivity contribution is 5.07. The van der Waals surface area contributed by atoms with E-state index in [1.54, 1.807) is 0 Å². The quantitative estimate of drug-likeness (QED) is 0.760. The Labute approximate surface area is 104 Å². The zero-order valence-corrected chi connectivity index (χ0v) is 10.9. The molecule has 3 heteroatoms. The molecule has 0 saturated heterocycles. The van der Waals surface area contributed by atoms with Crippen molar-refractivity contribution in [2.24, 2.45) is 5.92 Å². The number of aliphatic hydroxyl groups excluding tert-OH is 1. The van der Waals surface area contributed by atoms with E-state index >= 15 is 0 Å². The predicted molar refractivity (Wildman–Crippen MR) is 69.0 cm³/mol.